The molecule has 1 aromatic carbocycles. The average Bonchev–Trinajstić information content (AvgIpc) is 2.94. The van der Waals surface area contributed by atoms with Gasteiger partial charge < -0.3 is 10.8 Å². The second-order valence-electron chi connectivity index (χ2n) is 5.71. The van der Waals surface area contributed by atoms with Gasteiger partial charge in [0.1, 0.15) is 5.82 Å². The molecule has 0 radical (unpaired) electrons. The van der Waals surface area contributed by atoms with E-state index in [1.807, 2.05) is 16.9 Å². The van der Waals surface area contributed by atoms with Gasteiger partial charge in [-0.15, -0.1) is 0 Å². The molecule has 21 heavy (non-hydrogen) atoms. The number of aliphatic hydroxyl groups excluding tert-OH is 1. The van der Waals surface area contributed by atoms with Gasteiger partial charge in [0.15, 0.2) is 0 Å². The van der Waals surface area contributed by atoms with Gasteiger partial charge in [0.25, 0.3) is 0 Å². The maximum absolute atomic E-state index is 13.1. The SMILES string of the molecule is CC(C)n1ccc(CC(CN)(CO)c2ccc(F)cc2)n1. The predicted molar refractivity (Wildman–Crippen MR) is 80.5 cm³/mol. The van der Waals surface area contributed by atoms with Crippen LogP contribution in [0.5, 0.6) is 0 Å². The second kappa shape index (κ2) is 6.37. The lowest BCUT2D eigenvalue weighted by Gasteiger charge is -2.30. The van der Waals surface area contributed by atoms with E-state index >= 15 is 0 Å². The Morgan fingerprint density at radius 1 is 1.29 bits per heavy atom. The normalized spacial score (nSPS) is 14.4. The van der Waals surface area contributed by atoms with Crippen molar-refractivity contribution in [3.8, 4) is 0 Å². The summed E-state index contributed by atoms with van der Waals surface area (Å²) in [5.74, 6) is -0.299. The number of benzene rings is 1. The minimum atomic E-state index is -0.635. The van der Waals surface area contributed by atoms with E-state index in [9.17, 15) is 9.50 Å². The summed E-state index contributed by atoms with van der Waals surface area (Å²) < 4.78 is 15.0. The van der Waals surface area contributed by atoms with Crippen LogP contribution in [0, 0.1) is 5.82 Å². The van der Waals surface area contributed by atoms with Crippen LogP contribution in [0.1, 0.15) is 31.1 Å². The smallest absolute Gasteiger partial charge is 0.123 e. The summed E-state index contributed by atoms with van der Waals surface area (Å²) in [4.78, 5) is 0. The van der Waals surface area contributed by atoms with Crippen molar-refractivity contribution in [3.05, 3.63) is 53.6 Å². The molecule has 0 saturated heterocycles. The molecular formula is C16H22FN3O. The highest BCUT2D eigenvalue weighted by atomic mass is 19.1. The van der Waals surface area contributed by atoms with E-state index in [1.54, 1.807) is 12.1 Å². The fourth-order valence-electron chi connectivity index (χ4n) is 2.41. The quantitative estimate of drug-likeness (QED) is 0.856. The lowest BCUT2D eigenvalue weighted by Crippen LogP contribution is -2.41. The lowest BCUT2D eigenvalue weighted by atomic mass is 9.77. The maximum Gasteiger partial charge on any atom is 0.123 e. The Kier molecular flexibility index (Phi) is 4.75. The van der Waals surface area contributed by atoms with Crippen LogP contribution in [0.15, 0.2) is 36.5 Å². The molecular weight excluding hydrogens is 269 g/mol. The molecule has 0 aliphatic rings. The Hall–Kier alpha value is -1.72. The van der Waals surface area contributed by atoms with E-state index in [-0.39, 0.29) is 25.0 Å². The van der Waals surface area contributed by atoms with Crippen LogP contribution in [-0.2, 0) is 11.8 Å². The van der Waals surface area contributed by atoms with Gasteiger partial charge >= 0.3 is 0 Å². The van der Waals surface area contributed by atoms with Crippen LogP contribution in [-0.4, -0.2) is 28.0 Å². The molecule has 114 valence electrons. The number of halogens is 1. The number of aromatic nitrogens is 2. The number of nitrogens with zero attached hydrogens (tertiary/aromatic N) is 2. The first-order valence-electron chi connectivity index (χ1n) is 7.12. The van der Waals surface area contributed by atoms with Crippen molar-refractivity contribution in [1.29, 1.82) is 0 Å². The Bertz CT molecular complexity index is 573. The van der Waals surface area contributed by atoms with Gasteiger partial charge in [0, 0.05) is 30.6 Å². The zero-order valence-corrected chi connectivity index (χ0v) is 12.5. The topological polar surface area (TPSA) is 64.1 Å². The summed E-state index contributed by atoms with van der Waals surface area (Å²) in [5, 5.41) is 14.4. The molecule has 1 aromatic heterocycles. The van der Waals surface area contributed by atoms with Crippen LogP contribution in [0.2, 0.25) is 0 Å². The number of nitrogens with two attached hydrogens (primary N) is 1. The van der Waals surface area contributed by atoms with Crippen molar-refractivity contribution in [3.63, 3.8) is 0 Å². The average molecular weight is 291 g/mol. The summed E-state index contributed by atoms with van der Waals surface area (Å²) in [5.41, 5.74) is 6.97. The fourth-order valence-corrected chi connectivity index (χ4v) is 2.41. The van der Waals surface area contributed by atoms with Gasteiger partial charge in [0.2, 0.25) is 0 Å². The highest BCUT2D eigenvalue weighted by Gasteiger charge is 2.31. The third kappa shape index (κ3) is 3.31. The molecule has 5 heteroatoms. The van der Waals surface area contributed by atoms with Crippen molar-refractivity contribution >= 4 is 0 Å². The largest absolute Gasteiger partial charge is 0.395 e. The summed E-state index contributed by atoms with van der Waals surface area (Å²) in [7, 11) is 0. The summed E-state index contributed by atoms with van der Waals surface area (Å²) in [6, 6.07) is 8.36. The van der Waals surface area contributed by atoms with E-state index in [0.29, 0.717) is 6.42 Å². The molecule has 1 unspecified atom stereocenters. The molecule has 0 bridgehead atoms. The minimum Gasteiger partial charge on any atom is -0.395 e. The summed E-state index contributed by atoms with van der Waals surface area (Å²) in [6.45, 7) is 4.27. The van der Waals surface area contributed by atoms with Gasteiger partial charge in [-0.3, -0.25) is 4.68 Å². The van der Waals surface area contributed by atoms with Gasteiger partial charge in [-0.1, -0.05) is 12.1 Å². The first-order chi connectivity index (χ1) is 10.0. The van der Waals surface area contributed by atoms with Crippen molar-refractivity contribution in [2.45, 2.75) is 31.7 Å². The van der Waals surface area contributed by atoms with Crippen molar-refractivity contribution < 1.29 is 9.50 Å². The van der Waals surface area contributed by atoms with Crippen molar-refractivity contribution in [1.82, 2.24) is 9.78 Å². The van der Waals surface area contributed by atoms with Crippen molar-refractivity contribution in [2.24, 2.45) is 5.73 Å². The molecule has 4 nitrogen and oxygen atoms in total. The monoisotopic (exact) mass is 291 g/mol. The Morgan fingerprint density at radius 3 is 2.43 bits per heavy atom. The molecule has 3 N–H and O–H groups in total. The molecule has 0 fully saturated rings. The number of hydrogen-bond donors (Lipinski definition) is 2. The van der Waals surface area contributed by atoms with Crippen LogP contribution >= 0.6 is 0 Å². The maximum atomic E-state index is 13.1. The van der Waals surface area contributed by atoms with Crippen molar-refractivity contribution in [2.75, 3.05) is 13.2 Å². The summed E-state index contributed by atoms with van der Waals surface area (Å²) in [6.07, 6.45) is 2.44. The van der Waals surface area contributed by atoms with Crippen LogP contribution in [0.3, 0.4) is 0 Å². The zero-order chi connectivity index (χ0) is 15.5. The zero-order valence-electron chi connectivity index (χ0n) is 12.5. The third-order valence-electron chi connectivity index (χ3n) is 3.86. The molecule has 0 amide bonds. The van der Waals surface area contributed by atoms with Gasteiger partial charge in [-0.2, -0.15) is 5.10 Å². The van der Waals surface area contributed by atoms with Gasteiger partial charge in [0.05, 0.1) is 12.3 Å². The molecule has 2 aromatic rings. The Labute approximate surface area is 124 Å². The molecule has 2 rings (SSSR count). The standard InChI is InChI=1S/C16H22FN3O/c1-12(2)20-8-7-15(19-20)9-16(10-18,11-21)13-3-5-14(17)6-4-13/h3-8,12,21H,9-11,18H2,1-2H3. The van der Waals surface area contributed by atoms with E-state index in [0.717, 1.165) is 11.3 Å². The van der Waals surface area contributed by atoms with Gasteiger partial charge in [-0.05, 0) is 37.6 Å². The van der Waals surface area contributed by atoms with Gasteiger partial charge in [-0.25, -0.2) is 4.39 Å². The molecule has 0 saturated carbocycles. The highest BCUT2D eigenvalue weighted by molar-refractivity contribution is 5.29. The predicted octanol–water partition coefficient (Wildman–Crippen LogP) is 2.03. The van der Waals surface area contributed by atoms with Crippen LogP contribution in [0.4, 0.5) is 4.39 Å². The molecule has 0 spiro atoms. The molecule has 1 atom stereocenters. The summed E-state index contributed by atoms with van der Waals surface area (Å²) >= 11 is 0. The second-order valence-corrected chi connectivity index (χ2v) is 5.71. The number of rotatable bonds is 6. The molecule has 0 aliphatic carbocycles. The lowest BCUT2D eigenvalue weighted by molar-refractivity contribution is 0.194. The number of aliphatic hydroxyl groups is 1. The Morgan fingerprint density at radius 2 is 1.95 bits per heavy atom. The number of hydrogen-bond acceptors (Lipinski definition) is 3. The van der Waals surface area contributed by atoms with E-state index < -0.39 is 5.41 Å². The Balaban J connectivity index is 2.30. The first kappa shape index (κ1) is 15.7. The van der Waals surface area contributed by atoms with E-state index in [4.69, 9.17) is 5.73 Å². The highest BCUT2D eigenvalue weighted by Crippen LogP contribution is 2.27. The minimum absolute atomic E-state index is 0.107. The van der Waals surface area contributed by atoms with Crippen LogP contribution in [0.25, 0.3) is 0 Å². The van der Waals surface area contributed by atoms with E-state index in [1.165, 1.54) is 12.1 Å². The molecule has 1 heterocycles. The van der Waals surface area contributed by atoms with E-state index in [2.05, 4.69) is 18.9 Å². The molecule has 0 aliphatic heterocycles. The van der Waals surface area contributed by atoms with Crippen LogP contribution < -0.4 is 5.73 Å². The third-order valence-corrected chi connectivity index (χ3v) is 3.86. The fraction of sp³-hybridized carbons (Fsp3) is 0.438. The first-order valence-corrected chi connectivity index (χ1v) is 7.12.